The van der Waals surface area contributed by atoms with E-state index < -0.39 is 0 Å². The van der Waals surface area contributed by atoms with Crippen molar-refractivity contribution in [3.63, 3.8) is 0 Å². The molecule has 0 N–H and O–H groups in total. The van der Waals surface area contributed by atoms with Crippen LogP contribution in [-0.4, -0.2) is 11.7 Å². The van der Waals surface area contributed by atoms with Crippen molar-refractivity contribution in [3.05, 3.63) is 74.4 Å². The molecular formula is C23H20Cl3NO2. The van der Waals surface area contributed by atoms with Gasteiger partial charge in [0.1, 0.15) is 0 Å². The van der Waals surface area contributed by atoms with Gasteiger partial charge in [0.05, 0.1) is 5.69 Å². The van der Waals surface area contributed by atoms with Crippen molar-refractivity contribution in [3.8, 4) is 0 Å². The molecule has 2 aromatic carbocycles. The molecule has 0 aromatic heterocycles. The Morgan fingerprint density at radius 1 is 0.897 bits per heavy atom. The van der Waals surface area contributed by atoms with E-state index in [0.29, 0.717) is 39.2 Å². The SMILES string of the molecule is CC1(C)CC(=O)C2=C(C1)N(c1cc(Cl)cc(Cl)c1)C(=O)CC2c1ccc(Cl)cc1. The number of halogens is 3. The third-order valence-electron chi connectivity index (χ3n) is 5.52. The normalized spacial score (nSPS) is 21.4. The quantitative estimate of drug-likeness (QED) is 0.506. The van der Waals surface area contributed by atoms with E-state index in [-0.39, 0.29) is 29.4 Å². The number of rotatable bonds is 2. The van der Waals surface area contributed by atoms with Gasteiger partial charge in [-0.1, -0.05) is 60.8 Å². The molecule has 3 nitrogen and oxygen atoms in total. The Kier molecular flexibility index (Phi) is 5.27. The molecule has 0 fully saturated rings. The average molecular weight is 449 g/mol. The maximum atomic E-state index is 13.3. The number of amides is 1. The number of allylic oxidation sites excluding steroid dienone is 2. The van der Waals surface area contributed by atoms with Gasteiger partial charge in [0, 0.05) is 45.1 Å². The summed E-state index contributed by atoms with van der Waals surface area (Å²) >= 11 is 18.4. The van der Waals surface area contributed by atoms with Gasteiger partial charge in [0.15, 0.2) is 5.78 Å². The third-order valence-corrected chi connectivity index (χ3v) is 6.21. The van der Waals surface area contributed by atoms with Crippen molar-refractivity contribution >= 4 is 52.2 Å². The fourth-order valence-electron chi connectivity index (χ4n) is 4.36. The Labute approximate surface area is 185 Å². The van der Waals surface area contributed by atoms with Gasteiger partial charge in [-0.05, 0) is 47.7 Å². The van der Waals surface area contributed by atoms with Gasteiger partial charge in [-0.2, -0.15) is 0 Å². The minimum atomic E-state index is -0.274. The Morgan fingerprint density at radius 3 is 2.14 bits per heavy atom. The molecule has 0 bridgehead atoms. The monoisotopic (exact) mass is 447 g/mol. The Balaban J connectivity index is 1.91. The standard InChI is InChI=1S/C23H20Cl3NO2/c1-23(2)11-19-22(20(28)12-23)18(13-3-5-14(24)6-4-13)10-21(29)27(19)17-8-15(25)7-16(26)9-17/h3-9,18H,10-12H2,1-2H3. The van der Waals surface area contributed by atoms with Crippen molar-refractivity contribution in [1.29, 1.82) is 0 Å². The number of Topliss-reactive ketones (excluding diaryl/α,β-unsaturated/α-hetero) is 1. The van der Waals surface area contributed by atoms with Crippen LogP contribution >= 0.6 is 34.8 Å². The van der Waals surface area contributed by atoms with E-state index in [2.05, 4.69) is 0 Å². The van der Waals surface area contributed by atoms with Crippen molar-refractivity contribution in [2.75, 3.05) is 4.90 Å². The van der Waals surface area contributed by atoms with Crippen LogP contribution in [0.4, 0.5) is 5.69 Å². The summed E-state index contributed by atoms with van der Waals surface area (Å²) in [6.45, 7) is 4.10. The zero-order chi connectivity index (χ0) is 20.9. The fourth-order valence-corrected chi connectivity index (χ4v) is 5.00. The van der Waals surface area contributed by atoms with Crippen LogP contribution in [0.2, 0.25) is 15.1 Å². The Hall–Kier alpha value is -1.81. The lowest BCUT2D eigenvalue weighted by Gasteiger charge is -2.43. The lowest BCUT2D eigenvalue weighted by atomic mass is 9.69. The number of carbonyl (C=O) groups is 2. The van der Waals surface area contributed by atoms with Crippen molar-refractivity contribution < 1.29 is 9.59 Å². The van der Waals surface area contributed by atoms with E-state index in [1.165, 1.54) is 0 Å². The molecule has 29 heavy (non-hydrogen) atoms. The highest BCUT2D eigenvalue weighted by molar-refractivity contribution is 6.35. The molecule has 0 radical (unpaired) electrons. The van der Waals surface area contributed by atoms with Crippen LogP contribution < -0.4 is 4.90 Å². The molecule has 4 rings (SSSR count). The first-order valence-corrected chi connectivity index (χ1v) is 10.6. The second-order valence-electron chi connectivity index (χ2n) is 8.47. The van der Waals surface area contributed by atoms with E-state index in [9.17, 15) is 9.59 Å². The van der Waals surface area contributed by atoms with Crippen LogP contribution in [-0.2, 0) is 9.59 Å². The number of carbonyl (C=O) groups excluding carboxylic acids is 2. The van der Waals surface area contributed by atoms with Crippen LogP contribution in [0.3, 0.4) is 0 Å². The smallest absolute Gasteiger partial charge is 0.232 e. The van der Waals surface area contributed by atoms with E-state index in [1.807, 2.05) is 26.0 Å². The van der Waals surface area contributed by atoms with Crippen molar-refractivity contribution in [1.82, 2.24) is 0 Å². The lowest BCUT2D eigenvalue weighted by molar-refractivity contribution is -0.121. The average Bonchev–Trinajstić information content (AvgIpc) is 2.59. The predicted molar refractivity (Wildman–Crippen MR) is 118 cm³/mol. The summed E-state index contributed by atoms with van der Waals surface area (Å²) in [5.74, 6) is -0.265. The number of anilines is 1. The lowest BCUT2D eigenvalue weighted by Crippen LogP contribution is -2.43. The van der Waals surface area contributed by atoms with Gasteiger partial charge >= 0.3 is 0 Å². The van der Waals surface area contributed by atoms with E-state index in [4.69, 9.17) is 34.8 Å². The molecule has 1 unspecified atom stereocenters. The molecule has 1 amide bonds. The Morgan fingerprint density at radius 2 is 1.52 bits per heavy atom. The maximum Gasteiger partial charge on any atom is 0.232 e. The number of nitrogens with zero attached hydrogens (tertiary/aromatic N) is 1. The highest BCUT2D eigenvalue weighted by Crippen LogP contribution is 2.48. The van der Waals surface area contributed by atoms with Crippen LogP contribution in [0.25, 0.3) is 0 Å². The number of hydrogen-bond donors (Lipinski definition) is 0. The first kappa shape index (κ1) is 20.5. The van der Waals surface area contributed by atoms with Crippen molar-refractivity contribution in [2.24, 2.45) is 5.41 Å². The first-order chi connectivity index (χ1) is 13.6. The maximum absolute atomic E-state index is 13.3. The molecule has 1 atom stereocenters. The van der Waals surface area contributed by atoms with Crippen molar-refractivity contribution in [2.45, 2.75) is 39.0 Å². The molecular weight excluding hydrogens is 429 g/mol. The van der Waals surface area contributed by atoms with Gasteiger partial charge < -0.3 is 0 Å². The summed E-state index contributed by atoms with van der Waals surface area (Å²) in [4.78, 5) is 28.2. The third kappa shape index (κ3) is 3.96. The molecule has 0 saturated heterocycles. The topological polar surface area (TPSA) is 37.4 Å². The zero-order valence-electron chi connectivity index (χ0n) is 16.1. The number of benzene rings is 2. The highest BCUT2D eigenvalue weighted by Gasteiger charge is 2.44. The summed E-state index contributed by atoms with van der Waals surface area (Å²) in [5.41, 5.74) is 2.74. The summed E-state index contributed by atoms with van der Waals surface area (Å²) in [6.07, 6.45) is 1.28. The molecule has 0 saturated carbocycles. The summed E-state index contributed by atoms with van der Waals surface area (Å²) in [5, 5.41) is 1.52. The van der Waals surface area contributed by atoms with E-state index >= 15 is 0 Å². The molecule has 6 heteroatoms. The van der Waals surface area contributed by atoms with Crippen LogP contribution in [0.5, 0.6) is 0 Å². The van der Waals surface area contributed by atoms with Crippen LogP contribution in [0.1, 0.15) is 44.6 Å². The molecule has 1 aliphatic carbocycles. The summed E-state index contributed by atoms with van der Waals surface area (Å²) in [7, 11) is 0. The van der Waals surface area contributed by atoms with Gasteiger partial charge in [0.2, 0.25) is 5.91 Å². The van der Waals surface area contributed by atoms with Gasteiger partial charge in [0.25, 0.3) is 0 Å². The minimum Gasteiger partial charge on any atom is -0.294 e. The second-order valence-corrected chi connectivity index (χ2v) is 9.78. The molecule has 2 aliphatic rings. The molecule has 2 aromatic rings. The molecule has 0 spiro atoms. The predicted octanol–water partition coefficient (Wildman–Crippen LogP) is 6.81. The highest BCUT2D eigenvalue weighted by atomic mass is 35.5. The first-order valence-electron chi connectivity index (χ1n) is 9.45. The largest absolute Gasteiger partial charge is 0.294 e. The zero-order valence-corrected chi connectivity index (χ0v) is 18.4. The van der Waals surface area contributed by atoms with Gasteiger partial charge in [-0.3, -0.25) is 14.5 Å². The number of ketones is 1. The van der Waals surface area contributed by atoms with Crippen LogP contribution in [0, 0.1) is 5.41 Å². The minimum absolute atomic E-state index is 0.0764. The van der Waals surface area contributed by atoms with E-state index in [0.717, 1.165) is 11.3 Å². The molecule has 1 aliphatic heterocycles. The summed E-state index contributed by atoms with van der Waals surface area (Å²) in [6, 6.07) is 12.4. The fraction of sp³-hybridized carbons (Fsp3) is 0.304. The second kappa shape index (κ2) is 7.46. The van der Waals surface area contributed by atoms with Crippen LogP contribution in [0.15, 0.2) is 53.7 Å². The van der Waals surface area contributed by atoms with E-state index in [1.54, 1.807) is 35.2 Å². The Bertz CT molecular complexity index is 1020. The van der Waals surface area contributed by atoms with Gasteiger partial charge in [-0.25, -0.2) is 0 Å². The summed E-state index contributed by atoms with van der Waals surface area (Å²) < 4.78 is 0. The number of hydrogen-bond acceptors (Lipinski definition) is 2. The van der Waals surface area contributed by atoms with Gasteiger partial charge in [-0.15, -0.1) is 0 Å². The molecule has 1 heterocycles. The molecule has 150 valence electrons.